The maximum atomic E-state index is 5.92. The lowest BCUT2D eigenvalue weighted by atomic mass is 9.64. The number of benzene rings is 1. The molecular weight excluding hydrogens is 232 g/mol. The average Bonchev–Trinajstić information content (AvgIpc) is 2.25. The Morgan fingerprint density at radius 3 is 2.41 bits per heavy atom. The number of nitrogens with two attached hydrogens (primary N) is 1. The Morgan fingerprint density at radius 1 is 1.35 bits per heavy atom. The second-order valence-corrected chi connectivity index (χ2v) is 5.97. The quantitative estimate of drug-likeness (QED) is 0.861. The molecule has 0 aromatic heterocycles. The molecule has 2 rings (SSSR count). The van der Waals surface area contributed by atoms with Gasteiger partial charge in [0.2, 0.25) is 0 Å². The van der Waals surface area contributed by atoms with Crippen LogP contribution in [0.5, 0.6) is 0 Å². The zero-order valence-electron chi connectivity index (χ0n) is 10.5. The van der Waals surface area contributed by atoms with Gasteiger partial charge in [0.25, 0.3) is 0 Å². The van der Waals surface area contributed by atoms with Crippen molar-refractivity contribution in [3.8, 4) is 0 Å². The van der Waals surface area contributed by atoms with Gasteiger partial charge in [0, 0.05) is 17.3 Å². The van der Waals surface area contributed by atoms with Crippen LogP contribution < -0.4 is 11.1 Å². The predicted molar refractivity (Wildman–Crippen MR) is 74.4 cm³/mol. The predicted octanol–water partition coefficient (Wildman–Crippen LogP) is 3.52. The first-order chi connectivity index (χ1) is 8.04. The first-order valence-corrected chi connectivity index (χ1v) is 6.66. The van der Waals surface area contributed by atoms with Gasteiger partial charge in [-0.05, 0) is 48.9 Å². The summed E-state index contributed by atoms with van der Waals surface area (Å²) in [6.45, 7) is 5.26. The first-order valence-electron chi connectivity index (χ1n) is 6.28. The minimum absolute atomic E-state index is 0.1000. The molecule has 0 saturated heterocycles. The van der Waals surface area contributed by atoms with Crippen molar-refractivity contribution >= 4 is 17.3 Å². The lowest BCUT2D eigenvalue weighted by Gasteiger charge is -2.50. The second kappa shape index (κ2) is 4.87. The number of rotatable bonds is 4. The summed E-state index contributed by atoms with van der Waals surface area (Å²) in [6.07, 6.45) is 2.34. The van der Waals surface area contributed by atoms with E-state index in [1.54, 1.807) is 0 Å². The number of anilines is 1. The SMILES string of the molecule is CC(C)C1CC(CN)(Nc2ccc(Cl)cc2)C1. The molecule has 1 fully saturated rings. The van der Waals surface area contributed by atoms with Crippen LogP contribution in [0.15, 0.2) is 24.3 Å². The Morgan fingerprint density at radius 2 is 1.94 bits per heavy atom. The van der Waals surface area contributed by atoms with Crippen molar-refractivity contribution in [2.75, 3.05) is 11.9 Å². The van der Waals surface area contributed by atoms with E-state index in [2.05, 4.69) is 19.2 Å². The van der Waals surface area contributed by atoms with Gasteiger partial charge >= 0.3 is 0 Å². The summed E-state index contributed by atoms with van der Waals surface area (Å²) in [5, 5.41) is 4.34. The number of halogens is 1. The van der Waals surface area contributed by atoms with Crippen LogP contribution >= 0.6 is 11.6 Å². The molecular formula is C14H21ClN2. The molecule has 0 bridgehead atoms. The van der Waals surface area contributed by atoms with Gasteiger partial charge in [-0.15, -0.1) is 0 Å². The highest BCUT2D eigenvalue weighted by Gasteiger charge is 2.44. The van der Waals surface area contributed by atoms with Crippen LogP contribution in [0.3, 0.4) is 0 Å². The van der Waals surface area contributed by atoms with Gasteiger partial charge in [-0.1, -0.05) is 25.4 Å². The monoisotopic (exact) mass is 252 g/mol. The fourth-order valence-corrected chi connectivity index (χ4v) is 2.70. The third-order valence-electron chi connectivity index (χ3n) is 3.89. The third kappa shape index (κ3) is 2.75. The molecule has 1 aliphatic rings. The number of hydrogen-bond donors (Lipinski definition) is 2. The fraction of sp³-hybridized carbons (Fsp3) is 0.571. The van der Waals surface area contributed by atoms with E-state index in [4.69, 9.17) is 17.3 Å². The maximum Gasteiger partial charge on any atom is 0.0501 e. The summed E-state index contributed by atoms with van der Waals surface area (Å²) in [4.78, 5) is 0. The molecule has 0 unspecified atom stereocenters. The van der Waals surface area contributed by atoms with Crippen molar-refractivity contribution in [3.05, 3.63) is 29.3 Å². The smallest absolute Gasteiger partial charge is 0.0501 e. The van der Waals surface area contributed by atoms with Crippen LogP contribution in [-0.2, 0) is 0 Å². The van der Waals surface area contributed by atoms with Gasteiger partial charge < -0.3 is 11.1 Å². The van der Waals surface area contributed by atoms with Crippen molar-refractivity contribution in [2.45, 2.75) is 32.2 Å². The Balaban J connectivity index is 2.00. The lowest BCUT2D eigenvalue weighted by molar-refractivity contribution is 0.130. The molecule has 17 heavy (non-hydrogen) atoms. The zero-order valence-corrected chi connectivity index (χ0v) is 11.3. The van der Waals surface area contributed by atoms with Gasteiger partial charge in [0.1, 0.15) is 0 Å². The molecule has 1 aliphatic carbocycles. The normalized spacial score (nSPS) is 27.9. The maximum absolute atomic E-state index is 5.92. The summed E-state index contributed by atoms with van der Waals surface area (Å²) in [6, 6.07) is 7.85. The highest BCUT2D eigenvalue weighted by Crippen LogP contribution is 2.43. The zero-order chi connectivity index (χ0) is 12.5. The highest BCUT2D eigenvalue weighted by atomic mass is 35.5. The van der Waals surface area contributed by atoms with Gasteiger partial charge in [0.05, 0.1) is 5.54 Å². The van der Waals surface area contributed by atoms with E-state index < -0.39 is 0 Å². The summed E-state index contributed by atoms with van der Waals surface area (Å²) >= 11 is 5.88. The molecule has 0 spiro atoms. The summed E-state index contributed by atoms with van der Waals surface area (Å²) in [5.41, 5.74) is 7.13. The molecule has 0 amide bonds. The van der Waals surface area contributed by atoms with E-state index in [-0.39, 0.29) is 5.54 Å². The Hall–Kier alpha value is -0.730. The van der Waals surface area contributed by atoms with E-state index >= 15 is 0 Å². The number of hydrogen-bond acceptors (Lipinski definition) is 2. The molecule has 1 aromatic rings. The molecule has 0 heterocycles. The number of nitrogens with one attached hydrogen (secondary N) is 1. The molecule has 2 nitrogen and oxygen atoms in total. The third-order valence-corrected chi connectivity index (χ3v) is 4.15. The van der Waals surface area contributed by atoms with Crippen LogP contribution in [-0.4, -0.2) is 12.1 Å². The lowest BCUT2D eigenvalue weighted by Crippen LogP contribution is -2.56. The van der Waals surface area contributed by atoms with Crippen molar-refractivity contribution < 1.29 is 0 Å². The van der Waals surface area contributed by atoms with E-state index in [9.17, 15) is 0 Å². The van der Waals surface area contributed by atoms with Crippen LogP contribution in [0.2, 0.25) is 5.02 Å². The van der Waals surface area contributed by atoms with Crippen molar-refractivity contribution in [3.63, 3.8) is 0 Å². The standard InChI is InChI=1S/C14H21ClN2/c1-10(2)11-7-14(8-11,9-16)17-13-5-3-12(15)4-6-13/h3-6,10-11,17H,7-9,16H2,1-2H3. The molecule has 1 saturated carbocycles. The van der Waals surface area contributed by atoms with Gasteiger partial charge in [0.15, 0.2) is 0 Å². The minimum Gasteiger partial charge on any atom is -0.378 e. The van der Waals surface area contributed by atoms with E-state index in [1.807, 2.05) is 24.3 Å². The second-order valence-electron chi connectivity index (χ2n) is 5.53. The summed E-state index contributed by atoms with van der Waals surface area (Å²) in [7, 11) is 0. The highest BCUT2D eigenvalue weighted by molar-refractivity contribution is 6.30. The van der Waals surface area contributed by atoms with E-state index in [0.29, 0.717) is 6.54 Å². The van der Waals surface area contributed by atoms with Crippen molar-refractivity contribution in [2.24, 2.45) is 17.6 Å². The van der Waals surface area contributed by atoms with Crippen molar-refractivity contribution in [1.29, 1.82) is 0 Å². The molecule has 0 atom stereocenters. The van der Waals surface area contributed by atoms with Crippen molar-refractivity contribution in [1.82, 2.24) is 0 Å². The van der Waals surface area contributed by atoms with E-state index in [1.165, 1.54) is 12.8 Å². The molecule has 0 aliphatic heterocycles. The van der Waals surface area contributed by atoms with Crippen LogP contribution in [0.4, 0.5) is 5.69 Å². The van der Waals surface area contributed by atoms with Gasteiger partial charge in [-0.2, -0.15) is 0 Å². The van der Waals surface area contributed by atoms with Gasteiger partial charge in [-0.25, -0.2) is 0 Å². The molecule has 3 heteroatoms. The first kappa shape index (κ1) is 12.7. The summed E-state index contributed by atoms with van der Waals surface area (Å²) in [5.74, 6) is 1.56. The Bertz CT molecular complexity index is 366. The molecule has 3 N–H and O–H groups in total. The topological polar surface area (TPSA) is 38.0 Å². The van der Waals surface area contributed by atoms with E-state index in [0.717, 1.165) is 22.5 Å². The Kier molecular flexibility index (Phi) is 3.64. The van der Waals surface area contributed by atoms with Gasteiger partial charge in [-0.3, -0.25) is 0 Å². The van der Waals surface area contributed by atoms with Crippen LogP contribution in [0.25, 0.3) is 0 Å². The summed E-state index contributed by atoms with van der Waals surface area (Å²) < 4.78 is 0. The fourth-order valence-electron chi connectivity index (χ4n) is 2.57. The molecule has 1 aromatic carbocycles. The van der Waals surface area contributed by atoms with Crippen LogP contribution in [0.1, 0.15) is 26.7 Å². The average molecular weight is 253 g/mol. The van der Waals surface area contributed by atoms with Crippen LogP contribution in [0, 0.1) is 11.8 Å². The largest absolute Gasteiger partial charge is 0.378 e. The minimum atomic E-state index is 0.1000. The molecule has 0 radical (unpaired) electrons. The molecule has 94 valence electrons. The Labute approximate surface area is 109 Å².